The molecule has 0 bridgehead atoms. The summed E-state index contributed by atoms with van der Waals surface area (Å²) in [4.78, 5) is 4.96. The van der Waals surface area contributed by atoms with Crippen molar-refractivity contribution in [3.05, 3.63) is 83.4 Å². The van der Waals surface area contributed by atoms with Crippen LogP contribution in [0.15, 0.2) is 65.3 Å². The molecule has 0 unspecified atom stereocenters. The highest BCUT2D eigenvalue weighted by Gasteiger charge is 2.36. The Hall–Kier alpha value is -3.44. The minimum Gasteiger partial charge on any atom is -0.386 e. The van der Waals surface area contributed by atoms with Crippen molar-refractivity contribution in [2.24, 2.45) is 5.92 Å². The first kappa shape index (κ1) is 21.1. The normalized spacial score (nSPS) is 15.3. The molecule has 0 radical (unpaired) electrons. The summed E-state index contributed by atoms with van der Waals surface area (Å²) in [6.07, 6.45) is 4.35. The molecule has 1 saturated carbocycles. The quantitative estimate of drug-likeness (QED) is 0.323. The van der Waals surface area contributed by atoms with Gasteiger partial charge in [-0.1, -0.05) is 47.6 Å². The fraction of sp³-hybridized carbons (Fsp3) is 0.310. The van der Waals surface area contributed by atoms with Crippen LogP contribution in [0.25, 0.3) is 33.1 Å². The van der Waals surface area contributed by atoms with E-state index in [-0.39, 0.29) is 6.04 Å². The molecule has 3 heterocycles. The van der Waals surface area contributed by atoms with Crippen LogP contribution >= 0.6 is 0 Å². The van der Waals surface area contributed by atoms with Crippen molar-refractivity contribution in [3.8, 4) is 11.1 Å². The second-order valence-electron chi connectivity index (χ2n) is 10.1. The molecule has 3 aromatic heterocycles. The summed E-state index contributed by atoms with van der Waals surface area (Å²) in [7, 11) is 0. The Kier molecular flexibility index (Phi) is 4.68. The van der Waals surface area contributed by atoms with E-state index < -0.39 is 5.60 Å². The Morgan fingerprint density at radius 2 is 1.79 bits per heavy atom. The Bertz CT molecular complexity index is 1500. The molecule has 1 atom stereocenters. The summed E-state index contributed by atoms with van der Waals surface area (Å²) in [6.45, 7) is 7.59. The average Bonchev–Trinajstić information content (AvgIpc) is 3.53. The molecule has 1 fully saturated rings. The van der Waals surface area contributed by atoms with Gasteiger partial charge in [0, 0.05) is 22.7 Å². The average molecular weight is 452 g/mol. The third-order valence-corrected chi connectivity index (χ3v) is 7.16. The molecule has 0 spiro atoms. The van der Waals surface area contributed by atoms with E-state index in [4.69, 9.17) is 9.51 Å². The molecule has 0 aliphatic heterocycles. The number of rotatable bonds is 5. The Morgan fingerprint density at radius 1 is 1.03 bits per heavy atom. The van der Waals surface area contributed by atoms with Crippen molar-refractivity contribution in [1.82, 2.24) is 14.7 Å². The van der Waals surface area contributed by atoms with Gasteiger partial charge in [-0.2, -0.15) is 0 Å². The van der Waals surface area contributed by atoms with Crippen LogP contribution in [-0.4, -0.2) is 19.8 Å². The predicted molar refractivity (Wildman–Crippen MR) is 135 cm³/mol. The lowest BCUT2D eigenvalue weighted by molar-refractivity contribution is 0.0787. The summed E-state index contributed by atoms with van der Waals surface area (Å²) >= 11 is 0. The second kappa shape index (κ2) is 7.54. The van der Waals surface area contributed by atoms with Crippen molar-refractivity contribution in [3.63, 3.8) is 0 Å². The highest BCUT2D eigenvalue weighted by atomic mass is 16.5. The number of aryl methyl sites for hydroxylation is 2. The maximum Gasteiger partial charge on any atom is 0.141 e. The third-order valence-electron chi connectivity index (χ3n) is 7.16. The Morgan fingerprint density at radius 3 is 2.44 bits per heavy atom. The van der Waals surface area contributed by atoms with Gasteiger partial charge in [-0.15, -0.1) is 0 Å². The minimum atomic E-state index is -0.924. The topological polar surface area (TPSA) is 64.1 Å². The number of nitrogens with zero attached hydrogens (tertiary/aromatic N) is 3. The van der Waals surface area contributed by atoms with Gasteiger partial charge in [0.1, 0.15) is 5.76 Å². The fourth-order valence-corrected chi connectivity index (χ4v) is 5.31. The van der Waals surface area contributed by atoms with Gasteiger partial charge in [-0.3, -0.25) is 4.98 Å². The van der Waals surface area contributed by atoms with E-state index in [0.29, 0.717) is 5.92 Å². The largest absolute Gasteiger partial charge is 0.386 e. The van der Waals surface area contributed by atoms with E-state index in [0.717, 1.165) is 50.1 Å². The van der Waals surface area contributed by atoms with Crippen molar-refractivity contribution < 1.29 is 9.63 Å². The molecule has 1 N–H and O–H groups in total. The smallest absolute Gasteiger partial charge is 0.141 e. The maximum atomic E-state index is 10.8. The van der Waals surface area contributed by atoms with Crippen LogP contribution in [-0.2, 0) is 5.60 Å². The number of aliphatic hydroxyl groups is 1. The van der Waals surface area contributed by atoms with E-state index in [9.17, 15) is 5.11 Å². The van der Waals surface area contributed by atoms with Gasteiger partial charge < -0.3 is 14.2 Å². The molecule has 172 valence electrons. The number of benzene rings is 2. The van der Waals surface area contributed by atoms with E-state index in [1.165, 1.54) is 18.4 Å². The maximum absolute atomic E-state index is 10.8. The number of fused-ring (bicyclic) bond motifs is 3. The van der Waals surface area contributed by atoms with E-state index >= 15 is 0 Å². The lowest BCUT2D eigenvalue weighted by Gasteiger charge is -2.23. The van der Waals surface area contributed by atoms with Gasteiger partial charge in [0.15, 0.2) is 0 Å². The van der Waals surface area contributed by atoms with Crippen LogP contribution in [0.3, 0.4) is 0 Å². The molecule has 5 nitrogen and oxygen atoms in total. The number of pyridine rings is 1. The summed E-state index contributed by atoms with van der Waals surface area (Å²) in [5.41, 5.74) is 7.36. The van der Waals surface area contributed by atoms with Crippen LogP contribution in [0.4, 0.5) is 0 Å². The van der Waals surface area contributed by atoms with Gasteiger partial charge in [0.05, 0.1) is 33.9 Å². The minimum absolute atomic E-state index is 0.208. The number of aromatic nitrogens is 3. The summed E-state index contributed by atoms with van der Waals surface area (Å²) in [5.74, 6) is 1.38. The first-order chi connectivity index (χ1) is 16.3. The number of hydrogen-bond acceptors (Lipinski definition) is 4. The molecule has 0 saturated heterocycles. The van der Waals surface area contributed by atoms with Gasteiger partial charge in [0.25, 0.3) is 0 Å². The zero-order chi connectivity index (χ0) is 23.6. The summed E-state index contributed by atoms with van der Waals surface area (Å²) < 4.78 is 7.92. The molecule has 1 aliphatic carbocycles. The Balaban J connectivity index is 1.70. The van der Waals surface area contributed by atoms with Gasteiger partial charge in [-0.05, 0) is 69.7 Å². The summed E-state index contributed by atoms with van der Waals surface area (Å²) in [6, 6.07) is 19.5. The first-order valence-electron chi connectivity index (χ1n) is 12.0. The molecule has 5 heteroatoms. The lowest BCUT2D eigenvalue weighted by Crippen LogP contribution is -2.16. The summed E-state index contributed by atoms with van der Waals surface area (Å²) in [5, 5.41) is 16.0. The van der Waals surface area contributed by atoms with Gasteiger partial charge >= 0.3 is 0 Å². The SMILES string of the molecule is Cc1noc(C)c1-c1cnc2c3ccc(C(C)(C)O)cc3n([C@@H](c3ccccc3)C3CC3)c2c1. The van der Waals surface area contributed by atoms with Crippen LogP contribution in [0.2, 0.25) is 0 Å². The molecule has 0 amide bonds. The lowest BCUT2D eigenvalue weighted by atomic mass is 9.97. The van der Waals surface area contributed by atoms with Crippen LogP contribution in [0.5, 0.6) is 0 Å². The Labute approximate surface area is 199 Å². The molecular weight excluding hydrogens is 422 g/mol. The standard InChI is InChI=1S/C29H29N3O2/c1-17-26(18(2)34-31-17)21-14-25-27(30-16-21)23-13-12-22(29(3,4)33)15-24(23)32(25)28(20-10-11-20)19-8-6-5-7-9-19/h5-9,12-16,20,28,33H,10-11H2,1-4H3/t28-/m0/s1. The fourth-order valence-electron chi connectivity index (χ4n) is 5.31. The third kappa shape index (κ3) is 3.34. The first-order valence-corrected chi connectivity index (χ1v) is 12.0. The van der Waals surface area contributed by atoms with E-state index in [2.05, 4.69) is 58.3 Å². The molecule has 1 aliphatic rings. The molecule has 5 aromatic rings. The van der Waals surface area contributed by atoms with E-state index in [1.807, 2.05) is 40.0 Å². The zero-order valence-corrected chi connectivity index (χ0v) is 20.0. The van der Waals surface area contributed by atoms with Crippen LogP contribution in [0, 0.1) is 19.8 Å². The predicted octanol–water partition coefficient (Wildman–Crippen LogP) is 6.69. The monoisotopic (exact) mass is 451 g/mol. The second-order valence-corrected chi connectivity index (χ2v) is 10.1. The number of hydrogen-bond donors (Lipinski definition) is 1. The highest BCUT2D eigenvalue weighted by molar-refractivity contribution is 6.07. The zero-order valence-electron chi connectivity index (χ0n) is 20.0. The van der Waals surface area contributed by atoms with E-state index in [1.54, 1.807) is 0 Å². The van der Waals surface area contributed by atoms with Crippen LogP contribution in [0.1, 0.15) is 55.3 Å². The molecule has 2 aromatic carbocycles. The molecule has 6 rings (SSSR count). The molecule has 34 heavy (non-hydrogen) atoms. The van der Waals surface area contributed by atoms with Crippen molar-refractivity contribution in [1.29, 1.82) is 0 Å². The van der Waals surface area contributed by atoms with Crippen LogP contribution < -0.4 is 0 Å². The van der Waals surface area contributed by atoms with Crippen molar-refractivity contribution >= 4 is 21.9 Å². The molecular formula is C29H29N3O2. The highest BCUT2D eigenvalue weighted by Crippen LogP contribution is 2.47. The van der Waals surface area contributed by atoms with Crippen molar-refractivity contribution in [2.75, 3.05) is 0 Å². The van der Waals surface area contributed by atoms with Gasteiger partial charge in [-0.25, -0.2) is 0 Å². The van der Waals surface area contributed by atoms with Gasteiger partial charge in [0.2, 0.25) is 0 Å². The van der Waals surface area contributed by atoms with Crippen molar-refractivity contribution in [2.45, 2.75) is 52.2 Å².